The molecule has 2 aliphatic rings. The third kappa shape index (κ3) is 6.07. The summed E-state index contributed by atoms with van der Waals surface area (Å²) in [6.45, 7) is 6.35. The molecule has 220 valence electrons. The Morgan fingerprint density at radius 2 is 1.46 bits per heavy atom. The Balaban J connectivity index is 1.44. The molecule has 12 heteroatoms. The van der Waals surface area contributed by atoms with Crippen LogP contribution in [0.3, 0.4) is 0 Å². The molecular formula is C29H35N3O8S. The van der Waals surface area contributed by atoms with E-state index < -0.39 is 62.0 Å². The van der Waals surface area contributed by atoms with E-state index in [9.17, 15) is 27.6 Å². The maximum absolute atomic E-state index is 13.5. The Hall–Kier alpha value is -3.93. The standard InChI is InChI=1S/C29H35N3O8S/c1-18(2)15-21(30-28(36)40-17-20-13-9-6-10-14-20)24(33)31-22-25(34)32-23(29(3,4)41(37,38)26(22)32)27(35)39-16-19-11-7-5-8-12-19/h5-14,18,21-23,26H,15-17H2,1-4H3,(H,30,36)(H,31,33)/t21-,22+,23-,26+/m0/s1. The first-order chi connectivity index (χ1) is 19.3. The summed E-state index contributed by atoms with van der Waals surface area (Å²) in [4.78, 5) is 52.9. The van der Waals surface area contributed by atoms with Crippen molar-refractivity contribution in [2.75, 3.05) is 0 Å². The van der Waals surface area contributed by atoms with Crippen molar-refractivity contribution in [3.8, 4) is 0 Å². The second-order valence-corrected chi connectivity index (χ2v) is 13.8. The van der Waals surface area contributed by atoms with Gasteiger partial charge in [-0.05, 0) is 37.3 Å². The fourth-order valence-corrected chi connectivity index (χ4v) is 7.30. The molecule has 2 N–H and O–H groups in total. The zero-order chi connectivity index (χ0) is 29.9. The average molecular weight is 586 g/mol. The average Bonchev–Trinajstić information content (AvgIpc) is 3.08. The molecule has 4 atom stereocenters. The monoisotopic (exact) mass is 585 g/mol. The van der Waals surface area contributed by atoms with E-state index in [2.05, 4.69) is 10.6 Å². The Labute approximate surface area is 239 Å². The van der Waals surface area contributed by atoms with E-state index >= 15 is 0 Å². The van der Waals surface area contributed by atoms with Gasteiger partial charge in [-0.2, -0.15) is 0 Å². The number of benzene rings is 2. The van der Waals surface area contributed by atoms with Crippen molar-refractivity contribution >= 4 is 33.7 Å². The van der Waals surface area contributed by atoms with Crippen molar-refractivity contribution in [3.63, 3.8) is 0 Å². The van der Waals surface area contributed by atoms with E-state index in [1.165, 1.54) is 13.8 Å². The Morgan fingerprint density at radius 3 is 2.00 bits per heavy atom. The zero-order valence-electron chi connectivity index (χ0n) is 23.4. The van der Waals surface area contributed by atoms with Crippen molar-refractivity contribution < 1.29 is 37.1 Å². The Kier molecular flexibility index (Phi) is 8.71. The van der Waals surface area contributed by atoms with E-state index in [-0.39, 0.29) is 25.6 Å². The number of rotatable bonds is 10. The molecule has 0 spiro atoms. The number of hydrogen-bond acceptors (Lipinski definition) is 8. The van der Waals surface area contributed by atoms with Gasteiger partial charge in [0.25, 0.3) is 0 Å². The molecule has 11 nitrogen and oxygen atoms in total. The number of carbonyl (C=O) groups is 4. The summed E-state index contributed by atoms with van der Waals surface area (Å²) in [6, 6.07) is 14.0. The lowest BCUT2D eigenvalue weighted by Gasteiger charge is -2.43. The Morgan fingerprint density at radius 1 is 0.927 bits per heavy atom. The first-order valence-electron chi connectivity index (χ1n) is 13.4. The minimum absolute atomic E-state index is 0.00404. The van der Waals surface area contributed by atoms with Crippen LogP contribution in [-0.4, -0.2) is 65.4 Å². The summed E-state index contributed by atoms with van der Waals surface area (Å²) < 4.78 is 36.0. The van der Waals surface area contributed by atoms with Crippen LogP contribution < -0.4 is 10.6 Å². The summed E-state index contributed by atoms with van der Waals surface area (Å²) in [5.74, 6) is -2.30. The predicted molar refractivity (Wildman–Crippen MR) is 149 cm³/mol. The highest BCUT2D eigenvalue weighted by atomic mass is 32.2. The number of hydrogen-bond donors (Lipinski definition) is 2. The molecule has 2 fully saturated rings. The van der Waals surface area contributed by atoms with Crippen LogP contribution in [0.2, 0.25) is 0 Å². The van der Waals surface area contributed by atoms with Crippen LogP contribution in [0, 0.1) is 5.92 Å². The molecule has 0 unspecified atom stereocenters. The quantitative estimate of drug-likeness (QED) is 0.319. The topological polar surface area (TPSA) is 148 Å². The summed E-state index contributed by atoms with van der Waals surface area (Å²) in [5, 5.41) is 3.59. The van der Waals surface area contributed by atoms with Crippen LogP contribution in [0.25, 0.3) is 0 Å². The molecule has 2 aromatic carbocycles. The zero-order valence-corrected chi connectivity index (χ0v) is 24.2. The minimum atomic E-state index is -4.10. The summed E-state index contributed by atoms with van der Waals surface area (Å²) in [6.07, 6.45) is -0.610. The predicted octanol–water partition coefficient (Wildman–Crippen LogP) is 2.30. The van der Waals surface area contributed by atoms with E-state index in [1.807, 2.05) is 26.0 Å². The number of ether oxygens (including phenoxy) is 2. The van der Waals surface area contributed by atoms with Gasteiger partial charge >= 0.3 is 12.1 Å². The first-order valence-corrected chi connectivity index (χ1v) is 14.9. The summed E-state index contributed by atoms with van der Waals surface area (Å²) in [7, 11) is -4.10. The van der Waals surface area contributed by atoms with Crippen LogP contribution >= 0.6 is 0 Å². The highest BCUT2D eigenvalue weighted by molar-refractivity contribution is 7.94. The summed E-state index contributed by atoms with van der Waals surface area (Å²) >= 11 is 0. The number of esters is 1. The number of nitrogens with one attached hydrogen (secondary N) is 2. The molecule has 2 saturated heterocycles. The molecule has 0 bridgehead atoms. The van der Waals surface area contributed by atoms with Gasteiger partial charge in [0.15, 0.2) is 15.2 Å². The molecule has 41 heavy (non-hydrogen) atoms. The van der Waals surface area contributed by atoms with Gasteiger partial charge in [-0.3, -0.25) is 9.59 Å². The maximum Gasteiger partial charge on any atom is 0.408 e. The number of carbonyl (C=O) groups excluding carboxylic acids is 4. The number of nitrogens with zero attached hydrogens (tertiary/aromatic N) is 1. The minimum Gasteiger partial charge on any atom is -0.459 e. The molecule has 2 aliphatic heterocycles. The molecule has 2 aromatic rings. The highest BCUT2D eigenvalue weighted by Gasteiger charge is 2.72. The van der Waals surface area contributed by atoms with Gasteiger partial charge in [-0.15, -0.1) is 0 Å². The number of sulfone groups is 1. The molecular weight excluding hydrogens is 550 g/mol. The van der Waals surface area contributed by atoms with Gasteiger partial charge in [0.05, 0.1) is 0 Å². The highest BCUT2D eigenvalue weighted by Crippen LogP contribution is 2.46. The van der Waals surface area contributed by atoms with Crippen LogP contribution in [-0.2, 0) is 46.9 Å². The van der Waals surface area contributed by atoms with E-state index in [0.29, 0.717) is 5.56 Å². The van der Waals surface area contributed by atoms with Gasteiger partial charge in [-0.25, -0.2) is 18.0 Å². The second kappa shape index (κ2) is 11.9. The van der Waals surface area contributed by atoms with Crippen molar-refractivity contribution in [1.82, 2.24) is 15.5 Å². The van der Waals surface area contributed by atoms with Crippen LogP contribution in [0.15, 0.2) is 60.7 Å². The van der Waals surface area contributed by atoms with Gasteiger partial charge in [0, 0.05) is 0 Å². The molecule has 0 aliphatic carbocycles. The lowest BCUT2D eigenvalue weighted by atomic mass is 9.95. The number of fused-ring (bicyclic) bond motifs is 1. The van der Waals surface area contributed by atoms with E-state index in [1.54, 1.807) is 48.5 Å². The smallest absolute Gasteiger partial charge is 0.408 e. The van der Waals surface area contributed by atoms with Crippen molar-refractivity contribution in [3.05, 3.63) is 71.8 Å². The number of alkyl carbamates (subject to hydrolysis) is 1. The molecule has 3 amide bonds. The fourth-order valence-electron chi connectivity index (χ4n) is 5.09. The molecule has 0 saturated carbocycles. The molecule has 0 radical (unpaired) electrons. The van der Waals surface area contributed by atoms with Crippen molar-refractivity contribution in [2.45, 2.75) is 75.6 Å². The lowest BCUT2D eigenvalue weighted by Crippen LogP contribution is -2.73. The van der Waals surface area contributed by atoms with E-state index in [0.717, 1.165) is 10.5 Å². The van der Waals surface area contributed by atoms with Crippen molar-refractivity contribution in [2.24, 2.45) is 5.92 Å². The van der Waals surface area contributed by atoms with Crippen LogP contribution in [0.1, 0.15) is 45.2 Å². The van der Waals surface area contributed by atoms with Crippen molar-refractivity contribution in [1.29, 1.82) is 0 Å². The molecule has 4 rings (SSSR count). The summed E-state index contributed by atoms with van der Waals surface area (Å²) in [5.41, 5.74) is 1.47. The van der Waals surface area contributed by atoms with Crippen LogP contribution in [0.4, 0.5) is 4.79 Å². The van der Waals surface area contributed by atoms with E-state index in [4.69, 9.17) is 9.47 Å². The van der Waals surface area contributed by atoms with Gasteiger partial charge in [0.1, 0.15) is 36.1 Å². The van der Waals surface area contributed by atoms with Crippen LogP contribution in [0.5, 0.6) is 0 Å². The Bertz CT molecular complexity index is 1400. The maximum atomic E-state index is 13.5. The normalized spacial score (nSPS) is 22.7. The SMILES string of the molecule is CC(C)C[C@H](NC(=O)OCc1ccccc1)C(=O)N[C@@H]1C(=O)N2[C@@H](C(=O)OCc3ccccc3)C(C)(C)S(=O)(=O)[C@H]12. The second-order valence-electron chi connectivity index (χ2n) is 11.2. The number of amides is 3. The van der Waals surface area contributed by atoms with Gasteiger partial charge in [-0.1, -0.05) is 74.5 Å². The third-order valence-corrected chi connectivity index (χ3v) is 10.2. The molecule has 2 heterocycles. The van der Waals surface area contributed by atoms with Gasteiger partial charge in [0.2, 0.25) is 11.8 Å². The number of β-lactam (4-membered cyclic amide) rings is 1. The fraction of sp³-hybridized carbons (Fsp3) is 0.448. The third-order valence-electron chi connectivity index (χ3n) is 7.34. The lowest BCUT2D eigenvalue weighted by molar-refractivity contribution is -0.165. The largest absolute Gasteiger partial charge is 0.459 e. The van der Waals surface area contributed by atoms with Gasteiger partial charge < -0.3 is 25.0 Å². The molecule has 0 aromatic heterocycles. The first kappa shape index (κ1) is 30.0.